The fraction of sp³-hybridized carbons (Fsp3) is 0.158. The molecule has 0 aliphatic carbocycles. The van der Waals surface area contributed by atoms with E-state index in [1.807, 2.05) is 30.5 Å². The highest BCUT2D eigenvalue weighted by Gasteiger charge is 2.00. The average molecular weight is 293 g/mol. The summed E-state index contributed by atoms with van der Waals surface area (Å²) in [7, 11) is 0. The summed E-state index contributed by atoms with van der Waals surface area (Å²) in [5, 5.41) is 9.53. The van der Waals surface area contributed by atoms with E-state index in [0.717, 1.165) is 12.2 Å². The van der Waals surface area contributed by atoms with Gasteiger partial charge in [-0.15, -0.1) is 0 Å². The third-order valence-corrected chi connectivity index (χ3v) is 3.58. The minimum absolute atomic E-state index is 0.266. The second-order valence-electron chi connectivity index (χ2n) is 5.21. The highest BCUT2D eigenvalue weighted by molar-refractivity contribution is 5.31. The van der Waals surface area contributed by atoms with Gasteiger partial charge in [0, 0.05) is 6.20 Å². The van der Waals surface area contributed by atoms with Crippen molar-refractivity contribution >= 4 is 0 Å². The Kier molecular flexibility index (Phi) is 4.44. The molecule has 0 radical (unpaired) electrons. The van der Waals surface area contributed by atoms with E-state index >= 15 is 0 Å². The summed E-state index contributed by atoms with van der Waals surface area (Å²) in [5.41, 5.74) is 2.57. The number of rotatable bonds is 6. The van der Waals surface area contributed by atoms with E-state index in [-0.39, 0.29) is 5.88 Å². The Hall–Kier alpha value is -2.68. The topological polar surface area (TPSA) is 34.4 Å². The molecular formula is C19H19NO2. The fourth-order valence-corrected chi connectivity index (χ4v) is 2.39. The second kappa shape index (κ2) is 6.85. The van der Waals surface area contributed by atoms with Crippen LogP contribution in [0, 0.1) is 0 Å². The van der Waals surface area contributed by atoms with Crippen molar-refractivity contribution < 1.29 is 9.84 Å². The summed E-state index contributed by atoms with van der Waals surface area (Å²) in [6.07, 6.45) is 2.76. The Morgan fingerprint density at radius 2 is 1.55 bits per heavy atom. The molecule has 0 amide bonds. The molecule has 0 aliphatic rings. The van der Waals surface area contributed by atoms with Gasteiger partial charge in [0.25, 0.3) is 0 Å². The molecule has 1 aromatic heterocycles. The largest absolute Gasteiger partial charge is 0.494 e. The second-order valence-corrected chi connectivity index (χ2v) is 5.21. The standard InChI is InChI=1S/C19H19NO2/c21-19-7-4-12-20(19)13-14-22-18-10-8-17(9-11-18)15-16-5-2-1-3-6-16/h1-12,21H,13-15H2. The van der Waals surface area contributed by atoms with Crippen LogP contribution in [0.3, 0.4) is 0 Å². The van der Waals surface area contributed by atoms with Gasteiger partial charge in [-0.25, -0.2) is 0 Å². The fourth-order valence-electron chi connectivity index (χ4n) is 2.39. The lowest BCUT2D eigenvalue weighted by Crippen LogP contribution is -2.06. The van der Waals surface area contributed by atoms with Crippen LogP contribution in [0.25, 0.3) is 0 Å². The van der Waals surface area contributed by atoms with E-state index in [2.05, 4.69) is 36.4 Å². The van der Waals surface area contributed by atoms with Gasteiger partial charge < -0.3 is 14.4 Å². The Bertz CT molecular complexity index is 702. The normalized spacial score (nSPS) is 10.5. The van der Waals surface area contributed by atoms with Gasteiger partial charge in [-0.1, -0.05) is 42.5 Å². The number of aromatic hydroxyl groups is 1. The maximum Gasteiger partial charge on any atom is 0.190 e. The first-order valence-electron chi connectivity index (χ1n) is 7.41. The van der Waals surface area contributed by atoms with Crippen LogP contribution in [-0.4, -0.2) is 16.3 Å². The van der Waals surface area contributed by atoms with Gasteiger partial charge in [-0.3, -0.25) is 0 Å². The molecule has 0 fully saturated rings. The van der Waals surface area contributed by atoms with Crippen molar-refractivity contribution in [1.29, 1.82) is 0 Å². The van der Waals surface area contributed by atoms with Gasteiger partial charge >= 0.3 is 0 Å². The lowest BCUT2D eigenvalue weighted by molar-refractivity contribution is 0.288. The molecule has 0 aliphatic heterocycles. The maximum atomic E-state index is 9.53. The molecule has 3 heteroatoms. The summed E-state index contributed by atoms with van der Waals surface area (Å²) in [6, 6.07) is 22.1. The SMILES string of the molecule is Oc1cccn1CCOc1ccc(Cc2ccccc2)cc1. The quantitative estimate of drug-likeness (QED) is 0.749. The number of aromatic nitrogens is 1. The molecule has 2 aromatic carbocycles. The minimum atomic E-state index is 0.266. The molecule has 3 nitrogen and oxygen atoms in total. The van der Waals surface area contributed by atoms with Crippen molar-refractivity contribution in [2.24, 2.45) is 0 Å². The molecule has 0 unspecified atom stereocenters. The Balaban J connectivity index is 1.52. The van der Waals surface area contributed by atoms with Crippen LogP contribution in [0.4, 0.5) is 0 Å². The number of hydrogen-bond acceptors (Lipinski definition) is 2. The zero-order valence-electron chi connectivity index (χ0n) is 12.4. The molecule has 3 rings (SSSR count). The molecule has 0 saturated heterocycles. The van der Waals surface area contributed by atoms with Crippen LogP contribution in [-0.2, 0) is 13.0 Å². The van der Waals surface area contributed by atoms with Crippen molar-refractivity contribution in [2.45, 2.75) is 13.0 Å². The molecule has 0 bridgehead atoms. The van der Waals surface area contributed by atoms with Crippen LogP contribution < -0.4 is 4.74 Å². The van der Waals surface area contributed by atoms with Crippen molar-refractivity contribution in [1.82, 2.24) is 4.57 Å². The van der Waals surface area contributed by atoms with Crippen LogP contribution in [0.1, 0.15) is 11.1 Å². The number of nitrogens with zero attached hydrogens (tertiary/aromatic N) is 1. The van der Waals surface area contributed by atoms with Crippen LogP contribution in [0.2, 0.25) is 0 Å². The van der Waals surface area contributed by atoms with Gasteiger partial charge in [0.05, 0.1) is 6.54 Å². The third kappa shape index (κ3) is 3.70. The van der Waals surface area contributed by atoms with Crippen molar-refractivity contribution in [3.63, 3.8) is 0 Å². The van der Waals surface area contributed by atoms with Crippen molar-refractivity contribution in [3.05, 3.63) is 84.1 Å². The number of ether oxygens (including phenoxy) is 1. The third-order valence-electron chi connectivity index (χ3n) is 3.58. The van der Waals surface area contributed by atoms with E-state index < -0.39 is 0 Å². The van der Waals surface area contributed by atoms with E-state index in [9.17, 15) is 5.11 Å². The first-order valence-corrected chi connectivity index (χ1v) is 7.41. The zero-order chi connectivity index (χ0) is 15.2. The molecule has 1 heterocycles. The first-order chi connectivity index (χ1) is 10.8. The van der Waals surface area contributed by atoms with Gasteiger partial charge in [-0.05, 0) is 41.8 Å². The Morgan fingerprint density at radius 1 is 0.818 bits per heavy atom. The predicted octanol–water partition coefficient (Wildman–Crippen LogP) is 3.86. The molecule has 112 valence electrons. The maximum absolute atomic E-state index is 9.53. The molecule has 22 heavy (non-hydrogen) atoms. The van der Waals surface area contributed by atoms with Gasteiger partial charge in [0.1, 0.15) is 12.4 Å². The summed E-state index contributed by atoms with van der Waals surface area (Å²) in [4.78, 5) is 0. The smallest absolute Gasteiger partial charge is 0.190 e. The molecule has 0 spiro atoms. The molecule has 3 aromatic rings. The van der Waals surface area contributed by atoms with E-state index in [1.54, 1.807) is 10.6 Å². The van der Waals surface area contributed by atoms with Crippen LogP contribution in [0.15, 0.2) is 72.9 Å². The lowest BCUT2D eigenvalue weighted by Gasteiger charge is -2.09. The monoisotopic (exact) mass is 293 g/mol. The molecule has 1 N–H and O–H groups in total. The molecular weight excluding hydrogens is 274 g/mol. The van der Waals surface area contributed by atoms with Gasteiger partial charge in [0.15, 0.2) is 5.88 Å². The molecule has 0 atom stereocenters. The summed E-state index contributed by atoms with van der Waals surface area (Å²) >= 11 is 0. The lowest BCUT2D eigenvalue weighted by atomic mass is 10.1. The van der Waals surface area contributed by atoms with Crippen molar-refractivity contribution in [3.8, 4) is 11.6 Å². The number of hydrogen-bond donors (Lipinski definition) is 1. The van der Waals surface area contributed by atoms with Gasteiger partial charge in [-0.2, -0.15) is 0 Å². The average Bonchev–Trinajstić information content (AvgIpc) is 2.95. The number of benzene rings is 2. The summed E-state index contributed by atoms with van der Waals surface area (Å²) in [6.45, 7) is 1.16. The minimum Gasteiger partial charge on any atom is -0.494 e. The summed E-state index contributed by atoms with van der Waals surface area (Å²) < 4.78 is 7.46. The predicted molar refractivity (Wildman–Crippen MR) is 87.3 cm³/mol. The van der Waals surface area contributed by atoms with Gasteiger partial charge in [0.2, 0.25) is 0 Å². The highest BCUT2D eigenvalue weighted by atomic mass is 16.5. The van der Waals surface area contributed by atoms with Crippen LogP contribution >= 0.6 is 0 Å². The Labute approximate surface area is 130 Å². The van der Waals surface area contributed by atoms with Crippen molar-refractivity contribution in [2.75, 3.05) is 6.61 Å². The molecule has 0 saturated carbocycles. The first kappa shape index (κ1) is 14.3. The van der Waals surface area contributed by atoms with E-state index in [0.29, 0.717) is 13.2 Å². The highest BCUT2D eigenvalue weighted by Crippen LogP contribution is 2.16. The zero-order valence-corrected chi connectivity index (χ0v) is 12.4. The van der Waals surface area contributed by atoms with E-state index in [4.69, 9.17) is 4.74 Å². The Morgan fingerprint density at radius 3 is 2.23 bits per heavy atom. The summed E-state index contributed by atoms with van der Waals surface area (Å²) in [5.74, 6) is 1.12. The van der Waals surface area contributed by atoms with E-state index in [1.165, 1.54) is 11.1 Å². The van der Waals surface area contributed by atoms with Crippen LogP contribution in [0.5, 0.6) is 11.6 Å².